The minimum Gasteiger partial charge on any atom is -0.359 e. The van der Waals surface area contributed by atoms with Crippen LogP contribution in [0.2, 0.25) is 0 Å². The molecule has 2 N–H and O–H groups in total. The lowest BCUT2D eigenvalue weighted by Gasteiger charge is -2.30. The number of hydrogen-bond acceptors (Lipinski definition) is 1. The van der Waals surface area contributed by atoms with Crippen LogP contribution in [0.3, 0.4) is 0 Å². The molecule has 2 aromatic rings. The second-order valence-electron chi connectivity index (χ2n) is 5.27. The molecule has 0 atom stereocenters. The number of aromatic nitrogens is 1. The van der Waals surface area contributed by atoms with Crippen molar-refractivity contribution in [3.05, 3.63) is 30.5 Å². The third-order valence-electron chi connectivity index (χ3n) is 3.18. The summed E-state index contributed by atoms with van der Waals surface area (Å²) in [5, 5.41) is 4.01. The number of amides is 2. The molecular formula is C15H21N3O. The van der Waals surface area contributed by atoms with Crippen LogP contribution >= 0.6 is 0 Å². The molecule has 0 spiro atoms. The van der Waals surface area contributed by atoms with Crippen LogP contribution in [0.5, 0.6) is 0 Å². The Morgan fingerprint density at radius 3 is 2.42 bits per heavy atom. The zero-order chi connectivity index (χ0) is 14.0. The second-order valence-corrected chi connectivity index (χ2v) is 5.27. The standard InChI is InChI=1S/C15H21N3O/c1-10(2)18(11(3)4)15(19)17-14-9-16-13-8-6-5-7-12(13)14/h5-11,16H,1-4H3,(H,17,19). The molecule has 2 rings (SSSR count). The van der Waals surface area contributed by atoms with E-state index < -0.39 is 0 Å². The summed E-state index contributed by atoms with van der Waals surface area (Å²) in [4.78, 5) is 17.3. The summed E-state index contributed by atoms with van der Waals surface area (Å²) in [5.74, 6) is 0. The number of anilines is 1. The number of nitrogens with one attached hydrogen (secondary N) is 2. The SMILES string of the molecule is CC(C)N(C(=O)Nc1c[nH]c2ccccc12)C(C)C. The molecule has 0 aliphatic carbocycles. The molecule has 0 fully saturated rings. The number of para-hydroxylation sites is 1. The summed E-state index contributed by atoms with van der Waals surface area (Å²) in [6, 6.07) is 8.21. The number of aromatic amines is 1. The third kappa shape index (κ3) is 2.72. The van der Waals surface area contributed by atoms with Gasteiger partial charge in [0.25, 0.3) is 0 Å². The summed E-state index contributed by atoms with van der Waals surface area (Å²) in [5.41, 5.74) is 1.85. The van der Waals surface area contributed by atoms with E-state index in [4.69, 9.17) is 0 Å². The molecule has 0 aliphatic rings. The van der Waals surface area contributed by atoms with Gasteiger partial charge in [-0.15, -0.1) is 0 Å². The smallest absolute Gasteiger partial charge is 0.322 e. The summed E-state index contributed by atoms with van der Waals surface area (Å²) < 4.78 is 0. The molecule has 4 nitrogen and oxygen atoms in total. The van der Waals surface area contributed by atoms with Gasteiger partial charge in [0, 0.05) is 29.2 Å². The molecule has 1 aromatic carbocycles. The van der Waals surface area contributed by atoms with Gasteiger partial charge in [-0.1, -0.05) is 18.2 Å². The predicted octanol–water partition coefficient (Wildman–Crippen LogP) is 3.82. The molecule has 4 heteroatoms. The first-order chi connectivity index (χ1) is 9.00. The molecule has 0 saturated heterocycles. The minimum absolute atomic E-state index is 0.0604. The van der Waals surface area contributed by atoms with Gasteiger partial charge in [0.1, 0.15) is 0 Å². The van der Waals surface area contributed by atoms with Gasteiger partial charge in [0.05, 0.1) is 5.69 Å². The van der Waals surface area contributed by atoms with Gasteiger partial charge < -0.3 is 15.2 Å². The quantitative estimate of drug-likeness (QED) is 0.865. The summed E-state index contributed by atoms with van der Waals surface area (Å²) in [6.45, 7) is 8.09. The van der Waals surface area contributed by atoms with Crippen LogP contribution in [0.4, 0.5) is 10.5 Å². The fraction of sp³-hybridized carbons (Fsp3) is 0.400. The number of fused-ring (bicyclic) bond motifs is 1. The van der Waals surface area contributed by atoms with Crippen LogP contribution in [0.1, 0.15) is 27.7 Å². The Bertz CT molecular complexity index is 564. The highest BCUT2D eigenvalue weighted by Crippen LogP contribution is 2.23. The van der Waals surface area contributed by atoms with Gasteiger partial charge in [-0.2, -0.15) is 0 Å². The molecule has 0 unspecified atom stereocenters. The number of carbonyl (C=O) groups is 1. The number of carbonyl (C=O) groups excluding carboxylic acids is 1. The van der Waals surface area contributed by atoms with E-state index in [1.165, 1.54) is 0 Å². The van der Waals surface area contributed by atoms with Crippen LogP contribution in [0.25, 0.3) is 10.9 Å². The molecule has 1 aromatic heterocycles. The van der Waals surface area contributed by atoms with Crippen molar-refractivity contribution < 1.29 is 4.79 Å². The molecule has 19 heavy (non-hydrogen) atoms. The maximum atomic E-state index is 12.3. The highest BCUT2D eigenvalue weighted by molar-refractivity contribution is 6.01. The molecule has 102 valence electrons. The number of nitrogens with zero attached hydrogens (tertiary/aromatic N) is 1. The zero-order valence-electron chi connectivity index (χ0n) is 11.9. The van der Waals surface area contributed by atoms with Crippen molar-refractivity contribution in [3.8, 4) is 0 Å². The molecule has 0 saturated carbocycles. The van der Waals surface area contributed by atoms with Crippen LogP contribution < -0.4 is 5.32 Å². The van der Waals surface area contributed by atoms with Crippen LogP contribution in [-0.2, 0) is 0 Å². The van der Waals surface area contributed by atoms with Gasteiger partial charge in [0.2, 0.25) is 0 Å². The van der Waals surface area contributed by atoms with Crippen molar-refractivity contribution in [2.45, 2.75) is 39.8 Å². The van der Waals surface area contributed by atoms with Gasteiger partial charge in [-0.25, -0.2) is 4.79 Å². The summed E-state index contributed by atoms with van der Waals surface area (Å²) in [7, 11) is 0. The third-order valence-corrected chi connectivity index (χ3v) is 3.18. The fourth-order valence-electron chi connectivity index (χ4n) is 2.42. The Hall–Kier alpha value is -1.97. The lowest BCUT2D eigenvalue weighted by atomic mass is 10.2. The molecule has 0 bridgehead atoms. The average Bonchev–Trinajstić information content (AvgIpc) is 2.72. The van der Waals surface area contributed by atoms with E-state index in [1.54, 1.807) is 0 Å². The number of H-pyrrole nitrogens is 1. The van der Waals surface area contributed by atoms with Crippen molar-refractivity contribution in [2.24, 2.45) is 0 Å². The number of benzene rings is 1. The monoisotopic (exact) mass is 259 g/mol. The van der Waals surface area contributed by atoms with Gasteiger partial charge >= 0.3 is 6.03 Å². The Morgan fingerprint density at radius 1 is 1.16 bits per heavy atom. The Kier molecular flexibility index (Phi) is 3.79. The molecule has 0 aliphatic heterocycles. The lowest BCUT2D eigenvalue weighted by Crippen LogP contribution is -2.44. The second kappa shape index (κ2) is 5.34. The first kappa shape index (κ1) is 13.5. The number of urea groups is 1. The first-order valence-electron chi connectivity index (χ1n) is 6.66. The Labute approximate surface area is 113 Å². The van der Waals surface area contributed by atoms with Crippen LogP contribution in [-0.4, -0.2) is 28.0 Å². The van der Waals surface area contributed by atoms with Crippen molar-refractivity contribution in [1.29, 1.82) is 0 Å². The van der Waals surface area contributed by atoms with E-state index in [0.717, 1.165) is 16.6 Å². The van der Waals surface area contributed by atoms with Crippen molar-refractivity contribution in [3.63, 3.8) is 0 Å². The molecule has 1 heterocycles. The molecular weight excluding hydrogens is 238 g/mol. The van der Waals surface area contributed by atoms with Gasteiger partial charge in [-0.3, -0.25) is 0 Å². The summed E-state index contributed by atoms with van der Waals surface area (Å²) >= 11 is 0. The average molecular weight is 259 g/mol. The van der Waals surface area contributed by atoms with E-state index in [0.29, 0.717) is 0 Å². The van der Waals surface area contributed by atoms with E-state index in [1.807, 2.05) is 63.1 Å². The number of rotatable bonds is 3. The Morgan fingerprint density at radius 2 is 1.79 bits per heavy atom. The zero-order valence-corrected chi connectivity index (χ0v) is 11.9. The normalized spacial score (nSPS) is 11.3. The van der Waals surface area contributed by atoms with E-state index >= 15 is 0 Å². The summed E-state index contributed by atoms with van der Waals surface area (Å²) in [6.07, 6.45) is 1.83. The van der Waals surface area contributed by atoms with E-state index in [9.17, 15) is 4.79 Å². The largest absolute Gasteiger partial charge is 0.359 e. The van der Waals surface area contributed by atoms with Crippen molar-refractivity contribution in [2.75, 3.05) is 5.32 Å². The van der Waals surface area contributed by atoms with Crippen molar-refractivity contribution in [1.82, 2.24) is 9.88 Å². The van der Waals surface area contributed by atoms with Gasteiger partial charge in [-0.05, 0) is 33.8 Å². The lowest BCUT2D eigenvalue weighted by molar-refractivity contribution is 0.178. The predicted molar refractivity (Wildman–Crippen MR) is 79.4 cm³/mol. The van der Waals surface area contributed by atoms with Crippen molar-refractivity contribution >= 4 is 22.6 Å². The van der Waals surface area contributed by atoms with E-state index in [2.05, 4.69) is 10.3 Å². The number of hydrogen-bond donors (Lipinski definition) is 2. The molecule has 0 radical (unpaired) electrons. The Balaban J connectivity index is 2.23. The van der Waals surface area contributed by atoms with Crippen LogP contribution in [0, 0.1) is 0 Å². The van der Waals surface area contributed by atoms with Crippen LogP contribution in [0.15, 0.2) is 30.5 Å². The highest BCUT2D eigenvalue weighted by atomic mass is 16.2. The topological polar surface area (TPSA) is 48.1 Å². The maximum Gasteiger partial charge on any atom is 0.322 e. The first-order valence-corrected chi connectivity index (χ1v) is 6.66. The maximum absolute atomic E-state index is 12.3. The van der Waals surface area contributed by atoms with E-state index in [-0.39, 0.29) is 18.1 Å². The minimum atomic E-state index is -0.0604. The van der Waals surface area contributed by atoms with Gasteiger partial charge in [0.15, 0.2) is 0 Å². The molecule has 2 amide bonds. The highest BCUT2D eigenvalue weighted by Gasteiger charge is 2.20. The fourth-order valence-corrected chi connectivity index (χ4v) is 2.42.